The van der Waals surface area contributed by atoms with Gasteiger partial charge < -0.3 is 4.42 Å². The number of rotatable bonds is 2. The zero-order valence-corrected chi connectivity index (χ0v) is 11.4. The van der Waals surface area contributed by atoms with Gasteiger partial charge in [-0.25, -0.2) is 5.01 Å². The predicted molar refractivity (Wildman–Crippen MR) is 74.2 cm³/mol. The Morgan fingerprint density at radius 2 is 2.05 bits per heavy atom. The molecule has 0 radical (unpaired) electrons. The van der Waals surface area contributed by atoms with Gasteiger partial charge in [0, 0.05) is 12.6 Å². The van der Waals surface area contributed by atoms with E-state index in [1.165, 1.54) is 23.6 Å². The van der Waals surface area contributed by atoms with Gasteiger partial charge >= 0.3 is 0 Å². The van der Waals surface area contributed by atoms with Gasteiger partial charge in [-0.2, -0.15) is 13.5 Å². The average Bonchev–Trinajstić information content (AvgIpc) is 3.03. The summed E-state index contributed by atoms with van der Waals surface area (Å²) in [7, 11) is -1.99. The molecule has 20 heavy (non-hydrogen) atoms. The maximum atomic E-state index is 11.9. The molecule has 3 rings (SSSR count). The van der Waals surface area contributed by atoms with E-state index in [0.29, 0.717) is 17.2 Å². The molecule has 1 aromatic heterocycles. The van der Waals surface area contributed by atoms with Crippen LogP contribution in [0.3, 0.4) is 0 Å². The minimum absolute atomic E-state index is 0.204. The third kappa shape index (κ3) is 2.12. The van der Waals surface area contributed by atoms with Crippen LogP contribution in [0.2, 0.25) is 0 Å². The van der Waals surface area contributed by atoms with Gasteiger partial charge in [-0.15, -0.1) is 4.40 Å². The molecule has 0 spiro atoms. The number of hydrazone groups is 1. The fraction of sp³-hybridized carbons (Fsp3) is 0.0769. The number of sulfonamides is 1. The summed E-state index contributed by atoms with van der Waals surface area (Å²) in [6.07, 6.45) is 3.03. The van der Waals surface area contributed by atoms with E-state index in [1.807, 2.05) is 0 Å². The minimum atomic E-state index is -3.62. The molecule has 0 atom stereocenters. The number of amidine groups is 1. The quantitative estimate of drug-likeness (QED) is 0.623. The van der Waals surface area contributed by atoms with Gasteiger partial charge in [-0.3, -0.25) is 0 Å². The van der Waals surface area contributed by atoms with Gasteiger partial charge in [-0.1, -0.05) is 12.1 Å². The standard InChI is InChI=1S/C13H11N3O3S/c1-16(14-9-10-5-4-8-19-10)13-11-6-2-3-7-12(11)20(17,18)15-13/h2-9H,1H3. The minimum Gasteiger partial charge on any atom is -0.463 e. The molecule has 0 saturated carbocycles. The molecule has 0 unspecified atom stereocenters. The van der Waals surface area contributed by atoms with Crippen molar-refractivity contribution in [3.8, 4) is 0 Å². The largest absolute Gasteiger partial charge is 0.463 e. The summed E-state index contributed by atoms with van der Waals surface area (Å²) in [5, 5.41) is 5.54. The molecule has 0 amide bonds. The summed E-state index contributed by atoms with van der Waals surface area (Å²) in [5.41, 5.74) is 0.548. The number of fused-ring (bicyclic) bond motifs is 1. The first-order valence-electron chi connectivity index (χ1n) is 5.83. The number of hydrogen-bond acceptors (Lipinski definition) is 5. The number of hydrogen-bond donors (Lipinski definition) is 0. The lowest BCUT2D eigenvalue weighted by molar-refractivity contribution is 0.534. The molecule has 2 heterocycles. The highest BCUT2D eigenvalue weighted by molar-refractivity contribution is 7.90. The molecular formula is C13H11N3O3S. The smallest absolute Gasteiger partial charge is 0.285 e. The molecule has 0 saturated heterocycles. The van der Waals surface area contributed by atoms with Crippen molar-refractivity contribution in [3.05, 3.63) is 54.0 Å². The van der Waals surface area contributed by atoms with Crippen LogP contribution in [0.4, 0.5) is 0 Å². The monoisotopic (exact) mass is 289 g/mol. The van der Waals surface area contributed by atoms with Gasteiger partial charge in [0.15, 0.2) is 5.84 Å². The Morgan fingerprint density at radius 1 is 1.25 bits per heavy atom. The molecule has 1 aliphatic heterocycles. The zero-order chi connectivity index (χ0) is 14.2. The lowest BCUT2D eigenvalue weighted by Gasteiger charge is -2.11. The summed E-state index contributed by atoms with van der Waals surface area (Å²) in [4.78, 5) is 0.204. The van der Waals surface area contributed by atoms with E-state index in [-0.39, 0.29) is 4.90 Å². The highest BCUT2D eigenvalue weighted by Gasteiger charge is 2.30. The van der Waals surface area contributed by atoms with Crippen LogP contribution in [0.1, 0.15) is 11.3 Å². The molecule has 102 valence electrons. The number of benzene rings is 1. The van der Waals surface area contributed by atoms with Crippen molar-refractivity contribution in [3.63, 3.8) is 0 Å². The van der Waals surface area contributed by atoms with Gasteiger partial charge in [0.2, 0.25) is 0 Å². The molecular weight excluding hydrogens is 278 g/mol. The molecule has 2 aromatic rings. The highest BCUT2D eigenvalue weighted by Crippen LogP contribution is 2.26. The molecule has 6 nitrogen and oxygen atoms in total. The fourth-order valence-corrected chi connectivity index (χ4v) is 3.12. The number of furan rings is 1. The van der Waals surface area contributed by atoms with Crippen LogP contribution in [-0.2, 0) is 10.0 Å². The lowest BCUT2D eigenvalue weighted by Crippen LogP contribution is -2.21. The average molecular weight is 289 g/mol. The maximum Gasteiger partial charge on any atom is 0.285 e. The second-order valence-electron chi connectivity index (χ2n) is 4.17. The van der Waals surface area contributed by atoms with Crippen LogP contribution in [0, 0.1) is 0 Å². The summed E-state index contributed by atoms with van der Waals surface area (Å²) in [5.74, 6) is 0.870. The maximum absolute atomic E-state index is 11.9. The molecule has 0 fully saturated rings. The second-order valence-corrected chi connectivity index (χ2v) is 5.74. The highest BCUT2D eigenvalue weighted by atomic mass is 32.2. The number of nitrogens with zero attached hydrogens (tertiary/aromatic N) is 3. The van der Waals surface area contributed by atoms with Crippen molar-refractivity contribution in [2.45, 2.75) is 4.90 Å². The van der Waals surface area contributed by atoms with Gasteiger partial charge in [-0.05, 0) is 24.3 Å². The van der Waals surface area contributed by atoms with Crippen molar-refractivity contribution in [2.24, 2.45) is 9.50 Å². The lowest BCUT2D eigenvalue weighted by atomic mass is 10.2. The van der Waals surface area contributed by atoms with Crippen molar-refractivity contribution in [2.75, 3.05) is 7.05 Å². The Hall–Kier alpha value is -2.41. The molecule has 0 N–H and O–H groups in total. The molecule has 1 aliphatic rings. The summed E-state index contributed by atoms with van der Waals surface area (Å²) >= 11 is 0. The predicted octanol–water partition coefficient (Wildman–Crippen LogP) is 1.69. The molecule has 1 aromatic carbocycles. The Bertz CT molecular complexity index is 792. The van der Waals surface area contributed by atoms with E-state index >= 15 is 0 Å². The Balaban J connectivity index is 1.95. The van der Waals surface area contributed by atoms with E-state index in [9.17, 15) is 8.42 Å². The summed E-state index contributed by atoms with van der Waals surface area (Å²) < 4.78 is 32.7. The third-order valence-corrected chi connectivity index (χ3v) is 4.15. The van der Waals surface area contributed by atoms with Crippen LogP contribution in [0.15, 0.2) is 61.5 Å². The molecule has 7 heteroatoms. The first-order chi connectivity index (χ1) is 9.58. The van der Waals surface area contributed by atoms with Crippen LogP contribution in [0.25, 0.3) is 0 Å². The van der Waals surface area contributed by atoms with Crippen molar-refractivity contribution < 1.29 is 12.8 Å². The van der Waals surface area contributed by atoms with E-state index in [1.54, 1.807) is 37.4 Å². The summed E-state index contributed by atoms with van der Waals surface area (Å²) in [6.45, 7) is 0. The van der Waals surface area contributed by atoms with Crippen molar-refractivity contribution in [1.82, 2.24) is 5.01 Å². The van der Waals surface area contributed by atoms with E-state index < -0.39 is 10.0 Å². The summed E-state index contributed by atoms with van der Waals surface area (Å²) in [6, 6.07) is 10.2. The van der Waals surface area contributed by atoms with Crippen molar-refractivity contribution in [1.29, 1.82) is 0 Å². The van der Waals surface area contributed by atoms with Crippen molar-refractivity contribution >= 4 is 22.1 Å². The van der Waals surface area contributed by atoms with Gasteiger partial charge in [0.05, 0.1) is 12.5 Å². The molecule has 0 aliphatic carbocycles. The first-order valence-corrected chi connectivity index (χ1v) is 7.27. The normalized spacial score (nSPS) is 16.1. The topological polar surface area (TPSA) is 75.2 Å². The van der Waals surface area contributed by atoms with Gasteiger partial charge in [0.1, 0.15) is 10.7 Å². The third-order valence-electron chi connectivity index (χ3n) is 2.82. The van der Waals surface area contributed by atoms with Crippen LogP contribution in [-0.4, -0.2) is 32.5 Å². The first kappa shape index (κ1) is 12.6. The Labute approximate surface area is 116 Å². The van der Waals surface area contributed by atoms with E-state index in [2.05, 4.69) is 9.50 Å². The SMILES string of the molecule is CN(N=Cc1ccco1)C1=NS(=O)(=O)c2ccccc21. The van der Waals surface area contributed by atoms with Crippen LogP contribution < -0.4 is 0 Å². The zero-order valence-electron chi connectivity index (χ0n) is 10.6. The second kappa shape index (κ2) is 4.61. The van der Waals surface area contributed by atoms with E-state index in [4.69, 9.17) is 4.42 Å². The Morgan fingerprint density at radius 3 is 2.80 bits per heavy atom. The Kier molecular flexibility index (Phi) is 2.90. The van der Waals surface area contributed by atoms with Crippen LogP contribution in [0.5, 0.6) is 0 Å². The van der Waals surface area contributed by atoms with E-state index in [0.717, 1.165) is 0 Å². The van der Waals surface area contributed by atoms with Gasteiger partial charge in [0.25, 0.3) is 10.0 Å². The van der Waals surface area contributed by atoms with Crippen LogP contribution >= 0.6 is 0 Å². The fourth-order valence-electron chi connectivity index (χ4n) is 1.88. The molecule has 0 bridgehead atoms.